The van der Waals surface area contributed by atoms with Crippen LogP contribution in [-0.2, 0) is 5.41 Å². The van der Waals surface area contributed by atoms with Crippen molar-refractivity contribution >= 4 is 6.21 Å². The van der Waals surface area contributed by atoms with E-state index in [0.717, 1.165) is 56.6 Å². The molecular formula is C26H44N6. The third-order valence-electron chi connectivity index (χ3n) is 7.04. The molecule has 3 heterocycles. The summed E-state index contributed by atoms with van der Waals surface area (Å²) in [6, 6.07) is 0. The van der Waals surface area contributed by atoms with Crippen LogP contribution in [-0.4, -0.2) is 42.8 Å². The van der Waals surface area contributed by atoms with Gasteiger partial charge in [-0.3, -0.25) is 5.01 Å². The second kappa shape index (κ2) is 8.25. The number of fused-ring (bicyclic) bond motifs is 4. The molecule has 0 aromatic carbocycles. The minimum Gasteiger partial charge on any atom is -0.312 e. The Hall–Kier alpha value is -1.72. The van der Waals surface area contributed by atoms with E-state index in [0.29, 0.717) is 5.62 Å². The lowest BCUT2D eigenvalue weighted by Gasteiger charge is -2.61. The molecular weight excluding hydrogens is 396 g/mol. The molecule has 6 nitrogen and oxygen atoms in total. The van der Waals surface area contributed by atoms with Gasteiger partial charge in [0.1, 0.15) is 11.2 Å². The Kier molecular flexibility index (Phi) is 6.42. The zero-order valence-electron chi connectivity index (χ0n) is 21.9. The number of rotatable bonds is 7. The van der Waals surface area contributed by atoms with Gasteiger partial charge in [0, 0.05) is 0 Å². The van der Waals surface area contributed by atoms with Crippen molar-refractivity contribution in [1.29, 1.82) is 0 Å². The highest BCUT2D eigenvalue weighted by Crippen LogP contribution is 2.56. The Morgan fingerprint density at radius 2 is 1.75 bits per heavy atom. The number of H-pyrrole nitrogens is 1. The summed E-state index contributed by atoms with van der Waals surface area (Å²) in [4.78, 5) is 18.1. The summed E-state index contributed by atoms with van der Waals surface area (Å²) in [5.74, 6) is 1.89. The number of piperidine rings is 1. The normalized spacial score (nSPS) is 21.9. The Morgan fingerprint density at radius 3 is 2.31 bits per heavy atom. The van der Waals surface area contributed by atoms with E-state index in [4.69, 9.17) is 20.1 Å². The van der Waals surface area contributed by atoms with E-state index >= 15 is 0 Å². The van der Waals surface area contributed by atoms with Crippen LogP contribution in [0.2, 0.25) is 0 Å². The molecule has 1 atom stereocenters. The molecule has 2 bridgehead atoms. The average Bonchev–Trinajstić information content (AvgIpc) is 2.60. The van der Waals surface area contributed by atoms with Crippen LogP contribution in [0.3, 0.4) is 0 Å². The first-order valence-corrected chi connectivity index (χ1v) is 12.2. The van der Waals surface area contributed by atoms with Crippen LogP contribution in [0.15, 0.2) is 10.1 Å². The standard InChI is InChI=1S/C26H44N6/c1-11-12-13-14-17-27-32-24(7,8)15-16-26(25(32,9)10)19-28-20(26)30-21(29-19)31-23(5,6)18-22(2,3)4/h1,11-16,18H2,2-10H3,(H,28,29,30,31). The molecule has 0 amide bonds. The highest BCUT2D eigenvalue weighted by Gasteiger charge is 2.64. The number of hydrogen-bond donors (Lipinski definition) is 1. The Bertz CT molecular complexity index is 888. The Morgan fingerprint density at radius 1 is 1.06 bits per heavy atom. The van der Waals surface area contributed by atoms with E-state index in [2.05, 4.69) is 85.4 Å². The number of hydrogen-bond acceptors (Lipinski definition) is 5. The second-order valence-corrected chi connectivity index (χ2v) is 12.7. The lowest BCUT2D eigenvalue weighted by atomic mass is 9.59. The monoisotopic (exact) mass is 440 g/mol. The maximum atomic E-state index is 4.97. The summed E-state index contributed by atoms with van der Waals surface area (Å²) >= 11 is 0. The molecule has 178 valence electrons. The van der Waals surface area contributed by atoms with Gasteiger partial charge in [0.15, 0.2) is 5.82 Å². The predicted molar refractivity (Wildman–Crippen MR) is 131 cm³/mol. The van der Waals surface area contributed by atoms with Crippen LogP contribution in [0.25, 0.3) is 0 Å². The van der Waals surface area contributed by atoms with Crippen molar-refractivity contribution < 1.29 is 0 Å². The number of nitrogens with zero attached hydrogens (tertiary/aromatic N) is 5. The molecule has 1 spiro atoms. The van der Waals surface area contributed by atoms with Crippen molar-refractivity contribution in [1.82, 2.24) is 20.0 Å². The molecule has 2 radical (unpaired) electrons. The summed E-state index contributed by atoms with van der Waals surface area (Å²) < 4.78 is 0. The van der Waals surface area contributed by atoms with E-state index in [9.17, 15) is 0 Å². The van der Waals surface area contributed by atoms with Crippen molar-refractivity contribution in [2.45, 2.75) is 129 Å². The summed E-state index contributed by atoms with van der Waals surface area (Å²) in [6.45, 7) is 24.1. The topological polar surface area (TPSA) is 69.5 Å². The maximum Gasteiger partial charge on any atom is 0.225 e. The molecule has 6 heteroatoms. The van der Waals surface area contributed by atoms with Crippen LogP contribution in [0.1, 0.15) is 119 Å². The van der Waals surface area contributed by atoms with Crippen LogP contribution in [0.5, 0.6) is 0 Å². The molecule has 2 aliphatic rings. The third kappa shape index (κ3) is 4.51. The molecule has 1 aromatic rings. The average molecular weight is 441 g/mol. The molecule has 0 saturated carbocycles. The van der Waals surface area contributed by atoms with Crippen LogP contribution in [0.4, 0.5) is 0 Å². The van der Waals surface area contributed by atoms with E-state index < -0.39 is 0 Å². The first kappa shape index (κ1) is 24.9. The molecule has 1 unspecified atom stereocenters. The quantitative estimate of drug-likeness (QED) is 0.454. The third-order valence-corrected chi connectivity index (χ3v) is 7.04. The second-order valence-electron chi connectivity index (χ2n) is 12.7. The smallest absolute Gasteiger partial charge is 0.225 e. The van der Waals surface area contributed by atoms with E-state index in [1.807, 2.05) is 0 Å². The van der Waals surface area contributed by atoms with Crippen molar-refractivity contribution in [3.05, 3.63) is 24.2 Å². The molecule has 0 aliphatic carbocycles. The van der Waals surface area contributed by atoms with Crippen molar-refractivity contribution in [3.63, 3.8) is 0 Å². The van der Waals surface area contributed by atoms with Gasteiger partial charge in [-0.05, 0) is 79.1 Å². The molecule has 32 heavy (non-hydrogen) atoms. The molecule has 1 fully saturated rings. The molecule has 1 N–H and O–H groups in total. The fourth-order valence-corrected chi connectivity index (χ4v) is 5.91. The van der Waals surface area contributed by atoms with Crippen LogP contribution < -0.4 is 5.62 Å². The van der Waals surface area contributed by atoms with Gasteiger partial charge in [-0.25, -0.2) is 9.98 Å². The van der Waals surface area contributed by atoms with Gasteiger partial charge in [-0.2, -0.15) is 10.1 Å². The lowest BCUT2D eigenvalue weighted by molar-refractivity contribution is -0.0812. The van der Waals surface area contributed by atoms with Gasteiger partial charge in [-0.1, -0.05) is 40.5 Å². The highest BCUT2D eigenvalue weighted by molar-refractivity contribution is 5.57. The molecule has 1 saturated heterocycles. The Balaban J connectivity index is 1.91. The van der Waals surface area contributed by atoms with Gasteiger partial charge in [-0.15, -0.1) is 0 Å². The zero-order valence-corrected chi connectivity index (χ0v) is 21.9. The van der Waals surface area contributed by atoms with Gasteiger partial charge < -0.3 is 4.98 Å². The van der Waals surface area contributed by atoms with Crippen molar-refractivity contribution in [2.24, 2.45) is 15.5 Å². The fraction of sp³-hybridized carbons (Fsp3) is 0.808. The number of hydrazone groups is 1. The van der Waals surface area contributed by atoms with Gasteiger partial charge in [0.2, 0.25) is 5.62 Å². The van der Waals surface area contributed by atoms with Gasteiger partial charge in [0.25, 0.3) is 0 Å². The fourth-order valence-electron chi connectivity index (χ4n) is 5.91. The minimum absolute atomic E-state index is 0.0509. The number of nitrogens with one attached hydrogen (secondary N) is 1. The first-order chi connectivity index (χ1) is 14.6. The first-order valence-electron chi connectivity index (χ1n) is 12.2. The predicted octanol–water partition coefficient (Wildman–Crippen LogP) is 5.43. The number of aromatic nitrogens is 3. The summed E-state index contributed by atoms with van der Waals surface area (Å²) in [7, 11) is 0. The van der Waals surface area contributed by atoms with Crippen LogP contribution in [0, 0.1) is 12.3 Å². The highest BCUT2D eigenvalue weighted by atomic mass is 15.5. The van der Waals surface area contributed by atoms with E-state index in [1.54, 1.807) is 0 Å². The molecule has 1 aromatic heterocycles. The van der Waals surface area contributed by atoms with E-state index in [1.165, 1.54) is 0 Å². The summed E-state index contributed by atoms with van der Waals surface area (Å²) in [5.41, 5.74) is 0.144. The maximum absolute atomic E-state index is 4.97. The van der Waals surface area contributed by atoms with Crippen molar-refractivity contribution in [3.8, 4) is 0 Å². The van der Waals surface area contributed by atoms with Crippen LogP contribution >= 0.6 is 0 Å². The van der Waals surface area contributed by atoms with Crippen molar-refractivity contribution in [2.75, 3.05) is 0 Å². The number of aromatic amines is 1. The number of unbranched alkanes of at least 4 members (excludes halogenated alkanes) is 3. The zero-order chi connectivity index (χ0) is 24.0. The SMILES string of the molecule is [CH2]CCCC/[C]=N/N1C(C)(C)CCC2(c3nc2[nH]c(=NC(C)(C)CC(C)(C)C)n3)C1(C)C. The summed E-state index contributed by atoms with van der Waals surface area (Å²) in [6.07, 6.45) is 10.3. The largest absolute Gasteiger partial charge is 0.312 e. The van der Waals surface area contributed by atoms with Gasteiger partial charge >= 0.3 is 0 Å². The lowest BCUT2D eigenvalue weighted by Crippen LogP contribution is -2.71. The molecule has 2 aliphatic heterocycles. The molecule has 3 rings (SSSR count). The Labute approximate surface area is 195 Å². The van der Waals surface area contributed by atoms with E-state index in [-0.39, 0.29) is 27.4 Å². The van der Waals surface area contributed by atoms with Gasteiger partial charge in [0.05, 0.1) is 22.8 Å². The summed E-state index contributed by atoms with van der Waals surface area (Å²) in [5, 5.41) is 7.13. The minimum atomic E-state index is -0.274.